The van der Waals surface area contributed by atoms with Crippen molar-refractivity contribution in [1.29, 1.82) is 0 Å². The van der Waals surface area contributed by atoms with E-state index in [0.29, 0.717) is 10.7 Å². The predicted octanol–water partition coefficient (Wildman–Crippen LogP) is 3.19. The number of hydrogen-bond donors (Lipinski definition) is 1. The van der Waals surface area contributed by atoms with Crippen molar-refractivity contribution in [3.8, 4) is 5.69 Å². The third kappa shape index (κ3) is 4.37. The number of likely N-dealkylation sites (N-methyl/N-ethyl adjacent to an activating group) is 1. The van der Waals surface area contributed by atoms with Crippen LogP contribution in [0.25, 0.3) is 5.69 Å². The highest BCUT2D eigenvalue weighted by Gasteiger charge is 2.41. The zero-order valence-corrected chi connectivity index (χ0v) is 19.2. The van der Waals surface area contributed by atoms with Crippen molar-refractivity contribution in [2.75, 3.05) is 34.3 Å². The Balaban J connectivity index is 1.77. The first kappa shape index (κ1) is 22.0. The molecule has 0 amide bonds. The van der Waals surface area contributed by atoms with Crippen LogP contribution < -0.4 is 5.32 Å². The normalized spacial score (nSPS) is 18.1. The molecule has 1 N–H and O–H groups in total. The SMILES string of the molecule is COC(=O)c1cccc(-n2cccc2[C@@H]2[C@H](c3ccccn3)NC(=S)N2CCN(C)C)c1. The van der Waals surface area contributed by atoms with Crippen LogP contribution >= 0.6 is 12.2 Å². The number of thiocarbonyl (C=S) groups is 1. The number of nitrogens with zero attached hydrogens (tertiary/aromatic N) is 4. The molecule has 32 heavy (non-hydrogen) atoms. The molecule has 0 radical (unpaired) electrons. The summed E-state index contributed by atoms with van der Waals surface area (Å²) in [4.78, 5) is 21.1. The monoisotopic (exact) mass is 449 g/mol. The van der Waals surface area contributed by atoms with E-state index in [2.05, 4.69) is 44.8 Å². The number of carbonyl (C=O) groups is 1. The fourth-order valence-corrected chi connectivity index (χ4v) is 4.38. The fourth-order valence-electron chi connectivity index (χ4n) is 4.05. The zero-order chi connectivity index (χ0) is 22.7. The lowest BCUT2D eigenvalue weighted by Gasteiger charge is -2.29. The molecule has 166 valence electrons. The molecule has 1 aliphatic rings. The Bertz CT molecular complexity index is 1100. The summed E-state index contributed by atoms with van der Waals surface area (Å²) in [5.74, 6) is -0.358. The first-order valence-electron chi connectivity index (χ1n) is 10.5. The van der Waals surface area contributed by atoms with E-state index >= 15 is 0 Å². The Morgan fingerprint density at radius 2 is 2.03 bits per heavy atom. The molecule has 2 aromatic heterocycles. The summed E-state index contributed by atoms with van der Waals surface area (Å²) in [7, 11) is 5.50. The minimum Gasteiger partial charge on any atom is -0.465 e. The number of carbonyl (C=O) groups excluding carboxylic acids is 1. The van der Waals surface area contributed by atoms with E-state index in [1.807, 2.05) is 48.7 Å². The van der Waals surface area contributed by atoms with E-state index in [4.69, 9.17) is 17.0 Å². The van der Waals surface area contributed by atoms with Gasteiger partial charge in [0.1, 0.15) is 0 Å². The Labute approximate surface area is 193 Å². The van der Waals surface area contributed by atoms with Crippen LogP contribution in [0.2, 0.25) is 0 Å². The first-order valence-corrected chi connectivity index (χ1v) is 10.9. The van der Waals surface area contributed by atoms with Gasteiger partial charge in [-0.3, -0.25) is 4.98 Å². The smallest absolute Gasteiger partial charge is 0.337 e. The van der Waals surface area contributed by atoms with Gasteiger partial charge in [0.05, 0.1) is 30.5 Å². The van der Waals surface area contributed by atoms with Gasteiger partial charge in [-0.15, -0.1) is 0 Å². The predicted molar refractivity (Wildman–Crippen MR) is 128 cm³/mol. The molecule has 0 spiro atoms. The van der Waals surface area contributed by atoms with E-state index < -0.39 is 0 Å². The lowest BCUT2D eigenvalue weighted by Crippen LogP contribution is -2.36. The van der Waals surface area contributed by atoms with E-state index in [-0.39, 0.29) is 18.1 Å². The van der Waals surface area contributed by atoms with E-state index in [9.17, 15) is 4.79 Å². The average Bonchev–Trinajstić information content (AvgIpc) is 3.42. The standard InChI is InChI=1S/C24H27N5O2S/c1-27(2)14-15-29-22(21(26-24(29)32)19-10-4-5-12-25-19)20-11-7-13-28(20)18-9-6-8-17(16-18)23(30)31-3/h4-13,16,21-22H,14-15H2,1-3H3,(H,26,32)/t21-,22+/m0/s1. The molecular weight excluding hydrogens is 422 g/mol. The van der Waals surface area contributed by atoms with Gasteiger partial charge in [0.15, 0.2) is 5.11 Å². The van der Waals surface area contributed by atoms with Crippen molar-refractivity contribution < 1.29 is 9.53 Å². The minimum absolute atomic E-state index is 0.0610. The van der Waals surface area contributed by atoms with Gasteiger partial charge in [-0.25, -0.2) is 4.79 Å². The highest BCUT2D eigenvalue weighted by molar-refractivity contribution is 7.80. The Kier molecular flexibility index (Phi) is 6.53. The number of hydrogen-bond acceptors (Lipinski definition) is 5. The maximum Gasteiger partial charge on any atom is 0.337 e. The molecule has 4 rings (SSSR count). The molecule has 0 aliphatic carbocycles. The summed E-state index contributed by atoms with van der Waals surface area (Å²) in [6.45, 7) is 1.64. The van der Waals surface area contributed by atoms with Gasteiger partial charge >= 0.3 is 5.97 Å². The maximum absolute atomic E-state index is 12.1. The Morgan fingerprint density at radius 3 is 2.75 bits per heavy atom. The summed E-state index contributed by atoms with van der Waals surface area (Å²) < 4.78 is 7.01. The lowest BCUT2D eigenvalue weighted by molar-refractivity contribution is 0.0600. The molecule has 3 heterocycles. The van der Waals surface area contributed by atoms with Gasteiger partial charge in [0, 0.05) is 36.9 Å². The van der Waals surface area contributed by atoms with Crippen LogP contribution in [0.15, 0.2) is 67.0 Å². The number of rotatable bonds is 7. The van der Waals surface area contributed by atoms with Gasteiger partial charge < -0.3 is 24.4 Å². The molecule has 0 saturated carbocycles. The zero-order valence-electron chi connectivity index (χ0n) is 18.4. The quantitative estimate of drug-likeness (QED) is 0.439. The van der Waals surface area contributed by atoms with E-state index in [0.717, 1.165) is 30.2 Å². The minimum atomic E-state index is -0.358. The van der Waals surface area contributed by atoms with Gasteiger partial charge in [-0.2, -0.15) is 0 Å². The van der Waals surface area contributed by atoms with Gasteiger partial charge in [-0.1, -0.05) is 12.1 Å². The highest BCUT2D eigenvalue weighted by atomic mass is 32.1. The van der Waals surface area contributed by atoms with Crippen molar-refractivity contribution in [3.63, 3.8) is 0 Å². The van der Waals surface area contributed by atoms with Crippen LogP contribution in [0.4, 0.5) is 0 Å². The summed E-state index contributed by atoms with van der Waals surface area (Å²) in [5.41, 5.74) is 3.39. The number of nitrogens with one attached hydrogen (secondary N) is 1. The summed E-state index contributed by atoms with van der Waals surface area (Å²) in [6, 6.07) is 17.3. The Morgan fingerprint density at radius 1 is 1.19 bits per heavy atom. The number of aromatic nitrogens is 2. The number of ether oxygens (including phenoxy) is 1. The van der Waals surface area contributed by atoms with Crippen LogP contribution in [-0.2, 0) is 4.74 Å². The van der Waals surface area contributed by atoms with Crippen molar-refractivity contribution >= 4 is 23.3 Å². The topological polar surface area (TPSA) is 62.6 Å². The van der Waals surface area contributed by atoms with Crippen molar-refractivity contribution in [3.05, 3.63) is 83.9 Å². The van der Waals surface area contributed by atoms with E-state index in [1.54, 1.807) is 12.3 Å². The van der Waals surface area contributed by atoms with Gasteiger partial charge in [0.25, 0.3) is 0 Å². The summed E-state index contributed by atoms with van der Waals surface area (Å²) in [5, 5.41) is 4.20. The number of benzene rings is 1. The van der Waals surface area contributed by atoms with Crippen LogP contribution in [0.1, 0.15) is 33.8 Å². The molecule has 8 heteroatoms. The molecule has 7 nitrogen and oxygen atoms in total. The molecule has 0 unspecified atom stereocenters. The molecular formula is C24H27N5O2S. The molecule has 0 bridgehead atoms. The van der Waals surface area contributed by atoms with Crippen LogP contribution in [0, 0.1) is 0 Å². The largest absolute Gasteiger partial charge is 0.465 e. The van der Waals surface area contributed by atoms with Crippen molar-refractivity contribution in [1.82, 2.24) is 24.7 Å². The highest BCUT2D eigenvalue weighted by Crippen LogP contribution is 2.39. The fraction of sp³-hybridized carbons (Fsp3) is 0.292. The molecule has 1 fully saturated rings. The van der Waals surface area contributed by atoms with Crippen molar-refractivity contribution in [2.24, 2.45) is 0 Å². The maximum atomic E-state index is 12.1. The van der Waals surface area contributed by atoms with Gasteiger partial charge in [-0.05, 0) is 68.8 Å². The van der Waals surface area contributed by atoms with Crippen LogP contribution in [0.3, 0.4) is 0 Å². The third-order valence-electron chi connectivity index (χ3n) is 5.61. The molecule has 1 aliphatic heterocycles. The molecule has 1 saturated heterocycles. The van der Waals surface area contributed by atoms with Gasteiger partial charge in [0.2, 0.25) is 0 Å². The average molecular weight is 450 g/mol. The lowest BCUT2D eigenvalue weighted by atomic mass is 10.0. The molecule has 1 aromatic carbocycles. The van der Waals surface area contributed by atoms with Crippen LogP contribution in [0.5, 0.6) is 0 Å². The van der Waals surface area contributed by atoms with Crippen molar-refractivity contribution in [2.45, 2.75) is 12.1 Å². The second kappa shape index (κ2) is 9.50. The first-order chi connectivity index (χ1) is 15.5. The number of methoxy groups -OCH3 is 1. The Hall–Kier alpha value is -3.23. The molecule has 2 atom stereocenters. The van der Waals surface area contributed by atoms with Crippen LogP contribution in [-0.4, -0.2) is 64.7 Å². The number of esters is 1. The third-order valence-corrected chi connectivity index (χ3v) is 5.97. The summed E-state index contributed by atoms with van der Waals surface area (Å²) >= 11 is 5.75. The molecule has 3 aromatic rings. The number of pyridine rings is 1. The summed E-state index contributed by atoms with van der Waals surface area (Å²) in [6.07, 6.45) is 3.81. The second-order valence-corrected chi connectivity index (χ2v) is 8.35. The van der Waals surface area contributed by atoms with E-state index in [1.165, 1.54) is 7.11 Å². The second-order valence-electron chi connectivity index (χ2n) is 7.97.